The minimum absolute atomic E-state index is 0.0491. The lowest BCUT2D eigenvalue weighted by Gasteiger charge is -2.49. The van der Waals surface area contributed by atoms with Gasteiger partial charge in [-0.1, -0.05) is 54.9 Å². The van der Waals surface area contributed by atoms with Gasteiger partial charge in [0.2, 0.25) is 0 Å². The van der Waals surface area contributed by atoms with Crippen molar-refractivity contribution in [2.75, 3.05) is 0 Å². The number of carbonyl (C=O) groups is 2. The van der Waals surface area contributed by atoms with E-state index in [0.29, 0.717) is 48.2 Å². The highest BCUT2D eigenvalue weighted by Gasteiger charge is 2.61. The van der Waals surface area contributed by atoms with Gasteiger partial charge in [-0.15, -0.1) is 0 Å². The van der Waals surface area contributed by atoms with E-state index in [1.54, 1.807) is 0 Å². The Hall–Kier alpha value is -0.860. The maximum atomic E-state index is 13.5. The third-order valence-corrected chi connectivity index (χ3v) is 9.56. The van der Waals surface area contributed by atoms with Gasteiger partial charge in [0, 0.05) is 12.8 Å². The van der Waals surface area contributed by atoms with Crippen molar-refractivity contribution in [3.05, 3.63) is 0 Å². The van der Waals surface area contributed by atoms with E-state index in [4.69, 9.17) is 4.74 Å². The average Bonchev–Trinajstić information content (AvgIpc) is 3.27. The second-order valence-corrected chi connectivity index (χ2v) is 12.7. The molecule has 6 atom stereocenters. The number of ether oxygens (including phenoxy) is 1. The SMILES string of the molecule is CCC(C)(C)C1C2CC(CC2C(=O)OC(C)(CC)C2CCC(=O)CC2)C1C(C)(C)C. The van der Waals surface area contributed by atoms with E-state index in [9.17, 15) is 9.59 Å². The summed E-state index contributed by atoms with van der Waals surface area (Å²) in [4.78, 5) is 25.2. The lowest BCUT2D eigenvalue weighted by atomic mass is 9.56. The number of ketones is 1. The van der Waals surface area contributed by atoms with E-state index in [-0.39, 0.29) is 22.7 Å². The molecule has 3 nitrogen and oxygen atoms in total. The highest BCUT2D eigenvalue weighted by Crippen LogP contribution is 2.65. The van der Waals surface area contributed by atoms with Crippen LogP contribution in [0.25, 0.3) is 0 Å². The number of carbonyl (C=O) groups excluding carboxylic acids is 2. The quantitative estimate of drug-likeness (QED) is 0.444. The van der Waals surface area contributed by atoms with Crippen LogP contribution in [0, 0.1) is 46.3 Å². The average molecular weight is 419 g/mol. The van der Waals surface area contributed by atoms with Crippen molar-refractivity contribution >= 4 is 11.8 Å². The number of esters is 1. The van der Waals surface area contributed by atoms with Gasteiger partial charge < -0.3 is 4.74 Å². The molecule has 3 aliphatic carbocycles. The molecule has 0 saturated heterocycles. The van der Waals surface area contributed by atoms with E-state index < -0.39 is 5.60 Å². The van der Waals surface area contributed by atoms with Gasteiger partial charge in [-0.2, -0.15) is 0 Å². The van der Waals surface area contributed by atoms with Crippen LogP contribution < -0.4 is 0 Å². The van der Waals surface area contributed by atoms with Crippen LogP contribution in [0.3, 0.4) is 0 Å². The molecule has 2 bridgehead atoms. The van der Waals surface area contributed by atoms with E-state index in [1.165, 1.54) is 6.42 Å². The molecule has 0 amide bonds. The molecular weight excluding hydrogens is 372 g/mol. The van der Waals surface area contributed by atoms with Crippen molar-refractivity contribution < 1.29 is 14.3 Å². The fraction of sp³-hybridized carbons (Fsp3) is 0.926. The van der Waals surface area contributed by atoms with Crippen LogP contribution in [0.4, 0.5) is 0 Å². The Balaban J connectivity index is 1.78. The van der Waals surface area contributed by atoms with Gasteiger partial charge in [-0.25, -0.2) is 0 Å². The Morgan fingerprint density at radius 1 is 0.933 bits per heavy atom. The van der Waals surface area contributed by atoms with Gasteiger partial charge >= 0.3 is 5.97 Å². The summed E-state index contributed by atoms with van der Waals surface area (Å²) in [7, 11) is 0. The maximum Gasteiger partial charge on any atom is 0.309 e. The van der Waals surface area contributed by atoms with E-state index in [0.717, 1.165) is 32.1 Å². The van der Waals surface area contributed by atoms with Crippen LogP contribution in [-0.2, 0) is 14.3 Å². The molecule has 3 heteroatoms. The van der Waals surface area contributed by atoms with Crippen LogP contribution in [0.1, 0.15) is 107 Å². The fourth-order valence-electron chi connectivity index (χ4n) is 7.48. The summed E-state index contributed by atoms with van der Waals surface area (Å²) >= 11 is 0. The molecule has 0 aromatic rings. The molecule has 0 N–H and O–H groups in total. The minimum Gasteiger partial charge on any atom is -0.459 e. The topological polar surface area (TPSA) is 43.4 Å². The predicted octanol–water partition coefficient (Wildman–Crippen LogP) is 6.83. The monoisotopic (exact) mass is 418 g/mol. The first kappa shape index (κ1) is 23.8. The van der Waals surface area contributed by atoms with Crippen molar-refractivity contribution in [3.63, 3.8) is 0 Å². The number of hydrogen-bond acceptors (Lipinski definition) is 3. The first-order valence-electron chi connectivity index (χ1n) is 12.6. The zero-order valence-corrected chi connectivity index (χ0v) is 20.8. The van der Waals surface area contributed by atoms with Crippen molar-refractivity contribution in [2.45, 2.75) is 112 Å². The molecule has 0 radical (unpaired) electrons. The zero-order valence-electron chi connectivity index (χ0n) is 20.8. The van der Waals surface area contributed by atoms with E-state index >= 15 is 0 Å². The Morgan fingerprint density at radius 2 is 1.53 bits per heavy atom. The molecule has 3 fully saturated rings. The molecule has 172 valence electrons. The van der Waals surface area contributed by atoms with Crippen molar-refractivity contribution in [3.8, 4) is 0 Å². The van der Waals surface area contributed by atoms with Crippen molar-refractivity contribution in [1.82, 2.24) is 0 Å². The summed E-state index contributed by atoms with van der Waals surface area (Å²) in [6.07, 6.45) is 7.19. The Labute approximate surface area is 185 Å². The number of fused-ring (bicyclic) bond motifs is 2. The van der Waals surface area contributed by atoms with Gasteiger partial charge in [0.25, 0.3) is 0 Å². The highest BCUT2D eigenvalue weighted by molar-refractivity contribution is 5.79. The van der Waals surface area contributed by atoms with Crippen molar-refractivity contribution in [2.24, 2.45) is 46.3 Å². The predicted molar refractivity (Wildman–Crippen MR) is 122 cm³/mol. The fourth-order valence-corrected chi connectivity index (χ4v) is 7.48. The highest BCUT2D eigenvalue weighted by atomic mass is 16.6. The normalized spacial score (nSPS) is 34.8. The molecule has 3 saturated carbocycles. The summed E-state index contributed by atoms with van der Waals surface area (Å²) in [5.41, 5.74) is 0.0882. The molecule has 30 heavy (non-hydrogen) atoms. The second-order valence-electron chi connectivity index (χ2n) is 12.7. The van der Waals surface area contributed by atoms with Crippen LogP contribution in [0.2, 0.25) is 0 Å². The van der Waals surface area contributed by atoms with Gasteiger partial charge in [0.15, 0.2) is 0 Å². The summed E-state index contributed by atoms with van der Waals surface area (Å²) in [6, 6.07) is 0. The maximum absolute atomic E-state index is 13.5. The molecule has 0 spiro atoms. The summed E-state index contributed by atoms with van der Waals surface area (Å²) in [5.74, 6) is 3.14. The third-order valence-electron chi connectivity index (χ3n) is 9.56. The molecule has 3 rings (SSSR count). The second kappa shape index (κ2) is 8.24. The minimum atomic E-state index is -0.432. The molecular formula is C27H46O3. The van der Waals surface area contributed by atoms with Crippen LogP contribution in [0.5, 0.6) is 0 Å². The van der Waals surface area contributed by atoms with Crippen molar-refractivity contribution in [1.29, 1.82) is 0 Å². The first-order valence-corrected chi connectivity index (χ1v) is 12.6. The van der Waals surface area contributed by atoms with E-state index in [1.807, 2.05) is 0 Å². The Bertz CT molecular complexity index is 648. The first-order chi connectivity index (χ1) is 13.8. The molecule has 0 aliphatic heterocycles. The summed E-state index contributed by atoms with van der Waals surface area (Å²) < 4.78 is 6.36. The Morgan fingerprint density at radius 3 is 2.03 bits per heavy atom. The van der Waals surface area contributed by atoms with Gasteiger partial charge in [-0.3, -0.25) is 9.59 Å². The third kappa shape index (κ3) is 4.24. The smallest absolute Gasteiger partial charge is 0.309 e. The lowest BCUT2D eigenvalue weighted by Crippen LogP contribution is -2.47. The molecule has 0 heterocycles. The number of rotatable bonds is 6. The molecule has 3 aliphatic rings. The Kier molecular flexibility index (Phi) is 6.54. The zero-order chi connectivity index (χ0) is 22.5. The van der Waals surface area contributed by atoms with Crippen LogP contribution in [0.15, 0.2) is 0 Å². The van der Waals surface area contributed by atoms with Gasteiger partial charge in [-0.05, 0) is 79.4 Å². The van der Waals surface area contributed by atoms with Crippen LogP contribution >= 0.6 is 0 Å². The summed E-state index contributed by atoms with van der Waals surface area (Å²) in [5, 5.41) is 0. The van der Waals surface area contributed by atoms with Crippen LogP contribution in [-0.4, -0.2) is 17.4 Å². The van der Waals surface area contributed by atoms with E-state index in [2.05, 4.69) is 55.4 Å². The van der Waals surface area contributed by atoms with Gasteiger partial charge in [0.05, 0.1) is 5.92 Å². The lowest BCUT2D eigenvalue weighted by molar-refractivity contribution is -0.176. The number of hydrogen-bond donors (Lipinski definition) is 0. The standard InChI is InChI=1S/C27H46O3/c1-9-26(6,7)23-20-15-17(22(23)25(3,4)5)16-21(20)24(29)30-27(8,10-2)18-11-13-19(28)14-12-18/h17-18,20-23H,9-16H2,1-8H3. The summed E-state index contributed by atoms with van der Waals surface area (Å²) in [6.45, 7) is 18.5. The van der Waals surface area contributed by atoms with Gasteiger partial charge in [0.1, 0.15) is 11.4 Å². The number of Topliss-reactive ketones (excluding diaryl/α,β-unsaturated/α-hetero) is 1. The molecule has 0 aromatic heterocycles. The molecule has 6 unspecified atom stereocenters. The largest absolute Gasteiger partial charge is 0.459 e. The molecule has 0 aromatic carbocycles.